The van der Waals surface area contributed by atoms with E-state index in [9.17, 15) is 4.79 Å². The van der Waals surface area contributed by atoms with E-state index in [2.05, 4.69) is 46.3 Å². The topological polar surface area (TPSA) is 29.5 Å². The summed E-state index contributed by atoms with van der Waals surface area (Å²) in [5.74, 6) is 0.112. The lowest BCUT2D eigenvalue weighted by atomic mass is 10.0. The zero-order valence-corrected chi connectivity index (χ0v) is 15.4. The van der Waals surface area contributed by atoms with Crippen LogP contribution in [0, 0.1) is 0 Å². The molecule has 1 saturated heterocycles. The highest BCUT2D eigenvalue weighted by atomic mass is 79.9. The Kier molecular flexibility index (Phi) is 4.39. The summed E-state index contributed by atoms with van der Waals surface area (Å²) in [6.45, 7) is 2.60. The van der Waals surface area contributed by atoms with Crippen LogP contribution in [0.5, 0.6) is 0 Å². The Labute approximate surface area is 153 Å². The predicted octanol–water partition coefficient (Wildman–Crippen LogP) is 4.80. The Morgan fingerprint density at radius 2 is 1.83 bits per heavy atom. The number of hydrogen-bond donors (Lipinski definition) is 0. The number of morpholine rings is 1. The number of halogens is 1. The molecular weight excluding hydrogens is 386 g/mol. The van der Waals surface area contributed by atoms with Crippen molar-refractivity contribution in [1.82, 2.24) is 4.90 Å². The van der Waals surface area contributed by atoms with Gasteiger partial charge in [-0.25, -0.2) is 0 Å². The van der Waals surface area contributed by atoms with Crippen molar-refractivity contribution < 1.29 is 9.53 Å². The zero-order chi connectivity index (χ0) is 16.5. The van der Waals surface area contributed by atoms with E-state index in [0.29, 0.717) is 26.3 Å². The van der Waals surface area contributed by atoms with Gasteiger partial charge in [0.1, 0.15) is 0 Å². The second-order valence-corrected chi connectivity index (χ2v) is 7.74. The molecule has 1 aliphatic heterocycles. The monoisotopic (exact) mass is 401 g/mol. The van der Waals surface area contributed by atoms with Crippen molar-refractivity contribution >= 4 is 43.3 Å². The lowest BCUT2D eigenvalue weighted by Gasteiger charge is -2.26. The molecule has 1 fully saturated rings. The summed E-state index contributed by atoms with van der Waals surface area (Å²) in [5.41, 5.74) is 2.32. The number of thiophene rings is 1. The van der Waals surface area contributed by atoms with Gasteiger partial charge < -0.3 is 9.64 Å². The Hall–Kier alpha value is -1.69. The number of benzene rings is 2. The molecule has 0 N–H and O–H groups in total. The number of rotatable bonds is 2. The number of ether oxygens (including phenoxy) is 1. The Bertz CT molecular complexity index is 882. The van der Waals surface area contributed by atoms with Crippen LogP contribution in [0.2, 0.25) is 0 Å². The van der Waals surface area contributed by atoms with Crippen LogP contribution in [0.4, 0.5) is 0 Å². The average molecular weight is 402 g/mol. The summed E-state index contributed by atoms with van der Waals surface area (Å²) >= 11 is 5.05. The number of carbonyl (C=O) groups is 1. The molecule has 4 rings (SSSR count). The van der Waals surface area contributed by atoms with Gasteiger partial charge in [0, 0.05) is 27.6 Å². The fourth-order valence-electron chi connectivity index (χ4n) is 2.97. The number of amides is 1. The Balaban J connectivity index is 1.74. The van der Waals surface area contributed by atoms with Crippen LogP contribution >= 0.6 is 27.3 Å². The zero-order valence-electron chi connectivity index (χ0n) is 13.0. The molecule has 0 atom stereocenters. The summed E-state index contributed by atoms with van der Waals surface area (Å²) in [6.07, 6.45) is 0. The van der Waals surface area contributed by atoms with E-state index in [1.165, 1.54) is 0 Å². The number of hydrogen-bond acceptors (Lipinski definition) is 3. The summed E-state index contributed by atoms with van der Waals surface area (Å²) in [5, 5.41) is 1.14. The van der Waals surface area contributed by atoms with E-state index >= 15 is 0 Å². The van der Waals surface area contributed by atoms with E-state index in [-0.39, 0.29) is 5.91 Å². The van der Waals surface area contributed by atoms with Crippen molar-refractivity contribution in [1.29, 1.82) is 0 Å². The molecule has 5 heteroatoms. The van der Waals surface area contributed by atoms with Gasteiger partial charge in [0.2, 0.25) is 0 Å². The molecule has 1 amide bonds. The molecule has 0 radical (unpaired) electrons. The molecule has 122 valence electrons. The van der Waals surface area contributed by atoms with Crippen molar-refractivity contribution in [3.8, 4) is 11.1 Å². The van der Waals surface area contributed by atoms with Crippen LogP contribution in [0.3, 0.4) is 0 Å². The van der Waals surface area contributed by atoms with E-state index < -0.39 is 0 Å². The minimum absolute atomic E-state index is 0.112. The lowest BCUT2D eigenvalue weighted by Crippen LogP contribution is -2.40. The first kappa shape index (κ1) is 15.8. The highest BCUT2D eigenvalue weighted by molar-refractivity contribution is 9.10. The first-order valence-corrected chi connectivity index (χ1v) is 9.49. The molecule has 0 saturated carbocycles. The molecule has 0 aliphatic carbocycles. The van der Waals surface area contributed by atoms with E-state index in [0.717, 1.165) is 30.6 Å². The Morgan fingerprint density at radius 3 is 2.58 bits per heavy atom. The third-order valence-corrected chi connectivity index (χ3v) is 5.84. The van der Waals surface area contributed by atoms with Gasteiger partial charge >= 0.3 is 0 Å². The van der Waals surface area contributed by atoms with Crippen molar-refractivity contribution in [2.75, 3.05) is 26.3 Å². The maximum atomic E-state index is 12.7. The van der Waals surface area contributed by atoms with Gasteiger partial charge in [0.15, 0.2) is 0 Å². The summed E-state index contributed by atoms with van der Waals surface area (Å²) in [7, 11) is 0. The van der Waals surface area contributed by atoms with E-state index in [1.807, 2.05) is 23.1 Å². The first-order chi connectivity index (χ1) is 11.7. The van der Waals surface area contributed by atoms with Crippen molar-refractivity contribution in [2.24, 2.45) is 0 Å². The smallest absolute Gasteiger partial charge is 0.264 e. The molecule has 3 nitrogen and oxygen atoms in total. The molecule has 3 aromatic rings. The minimum atomic E-state index is 0.112. The van der Waals surface area contributed by atoms with E-state index in [1.54, 1.807) is 11.3 Å². The number of carbonyl (C=O) groups excluding carboxylic acids is 1. The second-order valence-electron chi connectivity index (χ2n) is 5.74. The summed E-state index contributed by atoms with van der Waals surface area (Å²) in [6, 6.07) is 16.6. The van der Waals surface area contributed by atoms with Crippen LogP contribution in [0.25, 0.3) is 21.2 Å². The van der Waals surface area contributed by atoms with Crippen molar-refractivity contribution in [3.05, 3.63) is 57.9 Å². The van der Waals surface area contributed by atoms with Gasteiger partial charge in [-0.15, -0.1) is 11.3 Å². The first-order valence-electron chi connectivity index (χ1n) is 7.88. The number of fused-ring (bicyclic) bond motifs is 1. The normalized spacial score (nSPS) is 15.0. The maximum Gasteiger partial charge on any atom is 0.264 e. The Morgan fingerprint density at radius 1 is 1.08 bits per heavy atom. The lowest BCUT2D eigenvalue weighted by molar-refractivity contribution is 0.0306. The predicted molar refractivity (Wildman–Crippen MR) is 102 cm³/mol. The van der Waals surface area contributed by atoms with Crippen LogP contribution in [0.1, 0.15) is 9.67 Å². The van der Waals surface area contributed by atoms with Gasteiger partial charge in [0.25, 0.3) is 5.91 Å². The summed E-state index contributed by atoms with van der Waals surface area (Å²) < 4.78 is 7.54. The molecule has 2 heterocycles. The van der Waals surface area contributed by atoms with Crippen LogP contribution < -0.4 is 0 Å². The molecular formula is C19H16BrNO2S. The SMILES string of the molecule is O=C(c1cc2c(-c3ccc(Br)cc3)cccc2s1)N1CCOCC1. The molecule has 0 bridgehead atoms. The summed E-state index contributed by atoms with van der Waals surface area (Å²) in [4.78, 5) is 15.4. The highest BCUT2D eigenvalue weighted by Crippen LogP contribution is 2.35. The van der Waals surface area contributed by atoms with Crippen molar-refractivity contribution in [2.45, 2.75) is 0 Å². The third-order valence-electron chi connectivity index (χ3n) is 4.23. The molecule has 1 aromatic heterocycles. The molecule has 0 spiro atoms. The van der Waals surface area contributed by atoms with Crippen LogP contribution in [0.15, 0.2) is 53.0 Å². The van der Waals surface area contributed by atoms with E-state index in [4.69, 9.17) is 4.74 Å². The molecule has 1 aliphatic rings. The van der Waals surface area contributed by atoms with Gasteiger partial charge in [-0.1, -0.05) is 40.2 Å². The quantitative estimate of drug-likeness (QED) is 0.616. The fourth-order valence-corrected chi connectivity index (χ4v) is 4.29. The van der Waals surface area contributed by atoms with Crippen LogP contribution in [-0.2, 0) is 4.74 Å². The van der Waals surface area contributed by atoms with Gasteiger partial charge in [-0.3, -0.25) is 4.79 Å². The second kappa shape index (κ2) is 6.67. The molecule has 0 unspecified atom stereocenters. The largest absolute Gasteiger partial charge is 0.378 e. The standard InChI is InChI=1S/C19H16BrNO2S/c20-14-6-4-13(5-7-14)15-2-1-3-17-16(15)12-18(24-17)19(22)21-8-10-23-11-9-21/h1-7,12H,8-11H2. The minimum Gasteiger partial charge on any atom is -0.378 e. The maximum absolute atomic E-state index is 12.7. The fraction of sp³-hybridized carbons (Fsp3) is 0.211. The van der Waals surface area contributed by atoms with Crippen LogP contribution in [-0.4, -0.2) is 37.1 Å². The third kappa shape index (κ3) is 2.99. The molecule has 2 aromatic carbocycles. The van der Waals surface area contributed by atoms with Gasteiger partial charge in [-0.2, -0.15) is 0 Å². The molecule has 24 heavy (non-hydrogen) atoms. The average Bonchev–Trinajstić information content (AvgIpc) is 3.07. The highest BCUT2D eigenvalue weighted by Gasteiger charge is 2.21. The van der Waals surface area contributed by atoms with Crippen molar-refractivity contribution in [3.63, 3.8) is 0 Å². The van der Waals surface area contributed by atoms with Gasteiger partial charge in [0.05, 0.1) is 18.1 Å². The van der Waals surface area contributed by atoms with Gasteiger partial charge in [-0.05, 0) is 35.4 Å². The number of nitrogens with zero attached hydrogens (tertiary/aromatic N) is 1.